The number of hydrogen-bond donors (Lipinski definition) is 5. The number of nitrogens with two attached hydrogens (primary N) is 1. The average Bonchev–Trinajstić information content (AvgIpc) is 3.45. The number of pyridine rings is 1. The molecule has 1 aliphatic heterocycles. The number of anilines is 4. The number of piperazine rings is 1. The maximum absolute atomic E-state index is 13.6. The smallest absolute Gasteiger partial charge is 0.416 e. The second-order valence-corrected chi connectivity index (χ2v) is 10.6. The topological polar surface area (TPSA) is 146 Å². The van der Waals surface area contributed by atoms with Crippen LogP contribution in [0.4, 0.5) is 35.5 Å². The Morgan fingerprint density at radius 2 is 1.86 bits per heavy atom. The van der Waals surface area contributed by atoms with Crippen LogP contribution < -0.4 is 21.7 Å². The van der Waals surface area contributed by atoms with Crippen LogP contribution in [0.15, 0.2) is 67.0 Å². The Morgan fingerprint density at radius 3 is 2.49 bits per heavy atom. The van der Waals surface area contributed by atoms with Crippen molar-refractivity contribution in [3.05, 3.63) is 94.1 Å². The van der Waals surface area contributed by atoms with Gasteiger partial charge in [-0.2, -0.15) is 13.2 Å². The number of benzene rings is 2. The van der Waals surface area contributed by atoms with Crippen LogP contribution in [0, 0.1) is 6.92 Å². The summed E-state index contributed by atoms with van der Waals surface area (Å²) < 4.78 is 40.8. The fourth-order valence-corrected chi connectivity index (χ4v) is 4.79. The highest BCUT2D eigenvalue weighted by molar-refractivity contribution is 7.17. The van der Waals surface area contributed by atoms with Crippen molar-refractivity contribution in [1.82, 2.24) is 20.2 Å². The molecule has 6 N–H and O–H groups in total. The summed E-state index contributed by atoms with van der Waals surface area (Å²) in [5.74, 6) is -0.937. The average molecular weight is 614 g/mol. The van der Waals surface area contributed by atoms with Gasteiger partial charge >= 0.3 is 12.1 Å². The highest BCUT2D eigenvalue weighted by Gasteiger charge is 2.34. The van der Waals surface area contributed by atoms with Crippen molar-refractivity contribution in [3.8, 4) is 0 Å². The predicted molar refractivity (Wildman–Crippen MR) is 160 cm³/mol. The molecule has 0 radical (unpaired) electrons. The molecular weight excluding hydrogens is 583 g/mol. The summed E-state index contributed by atoms with van der Waals surface area (Å²) in [5.41, 5.74) is 6.96. The standard InChI is InChI=1S/C20H23F3N4O.C9H7N3O2S/c1-13-2-5-16(11-18(13)24)26-19(28)14-3-4-15(17(10-14)20(21,22)23)12-27-8-6-25-7-9-27;13-8(14)6-5-11-9(15-6)12-7-3-1-2-4-10-7/h2-5,10-11,25H,6-9,12,24H2,1H3,(H,26,28);1-5H,(H,13,14)(H,10,11,12). The number of carbonyl (C=O) groups is 2. The molecule has 10 nitrogen and oxygen atoms in total. The summed E-state index contributed by atoms with van der Waals surface area (Å²) in [6.07, 6.45) is -1.57. The van der Waals surface area contributed by atoms with E-state index < -0.39 is 23.6 Å². The number of nitrogens with zero attached hydrogens (tertiary/aromatic N) is 3. The first-order valence-corrected chi connectivity index (χ1v) is 14.0. The van der Waals surface area contributed by atoms with Gasteiger partial charge in [-0.15, -0.1) is 0 Å². The van der Waals surface area contributed by atoms with Gasteiger partial charge in [0.1, 0.15) is 10.7 Å². The van der Waals surface area contributed by atoms with Crippen molar-refractivity contribution < 1.29 is 27.9 Å². The molecule has 1 aliphatic rings. The number of carboxylic acids is 1. The van der Waals surface area contributed by atoms with Gasteiger partial charge in [-0.1, -0.05) is 29.5 Å². The van der Waals surface area contributed by atoms with Gasteiger partial charge in [0.15, 0.2) is 5.13 Å². The Bertz CT molecular complexity index is 1560. The molecule has 0 bridgehead atoms. The number of aryl methyl sites for hydroxylation is 1. The lowest BCUT2D eigenvalue weighted by atomic mass is 10.0. The number of nitrogen functional groups attached to an aromatic ring is 1. The molecule has 2 aromatic heterocycles. The maximum Gasteiger partial charge on any atom is 0.416 e. The van der Waals surface area contributed by atoms with Gasteiger partial charge < -0.3 is 26.8 Å². The van der Waals surface area contributed by atoms with E-state index in [0.29, 0.717) is 35.4 Å². The van der Waals surface area contributed by atoms with Crippen LogP contribution in [-0.2, 0) is 12.7 Å². The first-order chi connectivity index (χ1) is 20.5. The van der Waals surface area contributed by atoms with Gasteiger partial charge in [-0.05, 0) is 54.4 Å². The van der Waals surface area contributed by atoms with Crippen LogP contribution in [0.5, 0.6) is 0 Å². The Morgan fingerprint density at radius 1 is 1.09 bits per heavy atom. The van der Waals surface area contributed by atoms with E-state index in [-0.39, 0.29) is 22.5 Å². The van der Waals surface area contributed by atoms with E-state index >= 15 is 0 Å². The Hall–Kier alpha value is -4.53. The summed E-state index contributed by atoms with van der Waals surface area (Å²) in [6, 6.07) is 14.1. The summed E-state index contributed by atoms with van der Waals surface area (Å²) in [6.45, 7) is 4.91. The molecule has 14 heteroatoms. The lowest BCUT2D eigenvalue weighted by molar-refractivity contribution is -0.138. The lowest BCUT2D eigenvalue weighted by Gasteiger charge is -2.28. The van der Waals surface area contributed by atoms with Gasteiger partial charge in [-0.25, -0.2) is 14.8 Å². The van der Waals surface area contributed by atoms with E-state index in [4.69, 9.17) is 10.8 Å². The van der Waals surface area contributed by atoms with Crippen LogP contribution >= 0.6 is 11.3 Å². The van der Waals surface area contributed by atoms with Crippen LogP contribution in [0.25, 0.3) is 0 Å². The SMILES string of the molecule is Cc1ccc(NC(=O)c2ccc(CN3CCNCC3)c(C(F)(F)F)c2)cc1N.O=C(O)c1cnc(Nc2ccccn2)s1. The number of aromatic carboxylic acids is 1. The minimum Gasteiger partial charge on any atom is -0.477 e. The molecule has 1 saturated heterocycles. The number of amides is 1. The Kier molecular flexibility index (Phi) is 10.3. The zero-order chi connectivity index (χ0) is 31.0. The first kappa shape index (κ1) is 31.4. The molecule has 2 aromatic carbocycles. The van der Waals surface area contributed by atoms with E-state index in [9.17, 15) is 22.8 Å². The third-order valence-electron chi connectivity index (χ3n) is 6.43. The third-order valence-corrected chi connectivity index (χ3v) is 7.34. The van der Waals surface area contributed by atoms with Gasteiger partial charge in [0.05, 0.1) is 11.8 Å². The molecule has 226 valence electrons. The van der Waals surface area contributed by atoms with Gasteiger partial charge in [0.25, 0.3) is 5.91 Å². The van der Waals surface area contributed by atoms with E-state index in [1.165, 1.54) is 18.3 Å². The predicted octanol–water partition coefficient (Wildman–Crippen LogP) is 5.23. The van der Waals surface area contributed by atoms with Crippen LogP contribution in [0.1, 0.15) is 36.7 Å². The molecule has 3 heterocycles. The lowest BCUT2D eigenvalue weighted by Crippen LogP contribution is -2.43. The fraction of sp³-hybridized carbons (Fsp3) is 0.241. The highest BCUT2D eigenvalue weighted by Crippen LogP contribution is 2.34. The zero-order valence-electron chi connectivity index (χ0n) is 23.1. The van der Waals surface area contributed by atoms with Crippen molar-refractivity contribution in [3.63, 3.8) is 0 Å². The Labute approximate surface area is 249 Å². The molecule has 0 unspecified atom stereocenters. The van der Waals surface area contributed by atoms with Crippen LogP contribution in [-0.4, -0.2) is 58.0 Å². The second kappa shape index (κ2) is 14.1. The number of hydrogen-bond acceptors (Lipinski definition) is 9. The number of rotatable bonds is 7. The largest absolute Gasteiger partial charge is 0.477 e. The molecule has 1 amide bonds. The minimum atomic E-state index is -4.53. The molecule has 43 heavy (non-hydrogen) atoms. The number of carboxylic acid groups (broad SMARTS) is 1. The minimum absolute atomic E-state index is 0.0458. The number of thiazole rings is 1. The van der Waals surface area contributed by atoms with E-state index in [0.717, 1.165) is 36.1 Å². The molecular formula is C29H30F3N7O3S. The number of nitrogens with one attached hydrogen (secondary N) is 3. The quantitative estimate of drug-likeness (QED) is 0.177. The Balaban J connectivity index is 0.000000237. The molecule has 0 aliphatic carbocycles. The molecule has 0 spiro atoms. The van der Waals surface area contributed by atoms with Crippen molar-refractivity contribution in [2.24, 2.45) is 0 Å². The monoisotopic (exact) mass is 613 g/mol. The van der Waals surface area contributed by atoms with E-state index in [2.05, 4.69) is 25.9 Å². The molecule has 5 rings (SSSR count). The third kappa shape index (κ3) is 8.98. The molecule has 1 fully saturated rings. The van der Waals surface area contributed by atoms with Crippen molar-refractivity contribution in [2.45, 2.75) is 19.6 Å². The first-order valence-electron chi connectivity index (χ1n) is 13.2. The highest BCUT2D eigenvalue weighted by atomic mass is 32.1. The fourth-order valence-electron chi connectivity index (χ4n) is 4.13. The number of alkyl halides is 3. The summed E-state index contributed by atoms with van der Waals surface area (Å²) in [5, 5.41) is 17.9. The summed E-state index contributed by atoms with van der Waals surface area (Å²) in [4.78, 5) is 33.2. The summed E-state index contributed by atoms with van der Waals surface area (Å²) >= 11 is 1.07. The van der Waals surface area contributed by atoms with Crippen LogP contribution in [0.3, 0.4) is 0 Å². The van der Waals surface area contributed by atoms with Crippen molar-refractivity contribution in [1.29, 1.82) is 0 Å². The molecule has 0 atom stereocenters. The van der Waals surface area contributed by atoms with Gasteiger partial charge in [-0.3, -0.25) is 9.69 Å². The van der Waals surface area contributed by atoms with Crippen molar-refractivity contribution in [2.75, 3.05) is 42.5 Å². The second-order valence-electron chi connectivity index (χ2n) is 9.60. The number of halogens is 3. The molecule has 0 saturated carbocycles. The zero-order valence-corrected chi connectivity index (χ0v) is 23.9. The van der Waals surface area contributed by atoms with Gasteiger partial charge in [0, 0.05) is 55.9 Å². The normalized spacial score (nSPS) is 13.5. The number of carbonyl (C=O) groups excluding carboxylic acids is 1. The van der Waals surface area contributed by atoms with Gasteiger partial charge in [0.2, 0.25) is 0 Å². The van der Waals surface area contributed by atoms with E-state index in [1.54, 1.807) is 36.5 Å². The number of aromatic nitrogens is 2. The van der Waals surface area contributed by atoms with Crippen molar-refractivity contribution >= 4 is 45.5 Å². The maximum atomic E-state index is 13.6. The van der Waals surface area contributed by atoms with Crippen LogP contribution in [0.2, 0.25) is 0 Å². The molecule has 4 aromatic rings. The van der Waals surface area contributed by atoms with E-state index in [1.807, 2.05) is 17.9 Å². The summed E-state index contributed by atoms with van der Waals surface area (Å²) in [7, 11) is 0.